The lowest BCUT2D eigenvalue weighted by Crippen LogP contribution is -2.16. The summed E-state index contributed by atoms with van der Waals surface area (Å²) in [5.41, 5.74) is -1.03. The van der Waals surface area contributed by atoms with Crippen molar-refractivity contribution in [1.82, 2.24) is 4.98 Å². The molecule has 26 heavy (non-hydrogen) atoms. The van der Waals surface area contributed by atoms with Gasteiger partial charge in [0.05, 0.1) is 39.5 Å². The van der Waals surface area contributed by atoms with Crippen LogP contribution in [0.25, 0.3) is 0 Å². The monoisotopic (exact) mass is 361 g/mol. The zero-order valence-corrected chi connectivity index (χ0v) is 13.6. The molecule has 0 saturated carbocycles. The number of carbonyl (C=O) groups is 1. The Balaban J connectivity index is 2.16. The molecular weight excluding hydrogens is 346 g/mol. The molecule has 1 aromatic carbocycles. The largest absolute Gasteiger partial charge is 0.392 e. The van der Waals surface area contributed by atoms with Crippen LogP contribution in [0.15, 0.2) is 36.5 Å². The van der Waals surface area contributed by atoms with E-state index in [0.717, 1.165) is 18.2 Å². The van der Waals surface area contributed by atoms with Gasteiger partial charge < -0.3 is 15.7 Å². The van der Waals surface area contributed by atoms with Crippen molar-refractivity contribution in [3.8, 4) is 0 Å². The number of nitro groups is 2. The van der Waals surface area contributed by atoms with Gasteiger partial charge in [-0.05, 0) is 19.1 Å². The molecule has 0 radical (unpaired) electrons. The van der Waals surface area contributed by atoms with Gasteiger partial charge in [-0.1, -0.05) is 0 Å². The summed E-state index contributed by atoms with van der Waals surface area (Å²) in [7, 11) is 0. The lowest BCUT2D eigenvalue weighted by Gasteiger charge is -2.09. The molecule has 11 nitrogen and oxygen atoms in total. The number of aliphatic hydroxyl groups excluding tert-OH is 1. The lowest BCUT2D eigenvalue weighted by molar-refractivity contribution is -0.394. The molecule has 1 atom stereocenters. The van der Waals surface area contributed by atoms with Crippen molar-refractivity contribution in [3.05, 3.63) is 62.3 Å². The number of hydrogen-bond acceptors (Lipinski definition) is 8. The Kier molecular flexibility index (Phi) is 5.75. The summed E-state index contributed by atoms with van der Waals surface area (Å²) in [5.74, 6) is -0.266. The number of nitro benzene ring substituents is 2. The number of aliphatic hydroxyl groups is 1. The molecule has 0 fully saturated rings. The van der Waals surface area contributed by atoms with Crippen molar-refractivity contribution in [3.63, 3.8) is 0 Å². The number of aromatic nitrogens is 1. The van der Waals surface area contributed by atoms with Crippen molar-refractivity contribution >= 4 is 28.8 Å². The number of nitrogens with zero attached hydrogens (tertiary/aromatic N) is 3. The molecular formula is C15H15N5O6. The molecule has 3 N–H and O–H groups in total. The van der Waals surface area contributed by atoms with Crippen molar-refractivity contribution in [2.24, 2.45) is 0 Å². The van der Waals surface area contributed by atoms with E-state index in [9.17, 15) is 30.1 Å². The van der Waals surface area contributed by atoms with Gasteiger partial charge in [-0.3, -0.25) is 25.0 Å². The number of non-ortho nitro benzene ring substituents is 2. The van der Waals surface area contributed by atoms with E-state index in [-0.39, 0.29) is 5.56 Å². The number of benzene rings is 1. The van der Waals surface area contributed by atoms with Crippen LogP contribution < -0.4 is 10.6 Å². The maximum atomic E-state index is 12.2. The fourth-order valence-corrected chi connectivity index (χ4v) is 1.96. The third-order valence-electron chi connectivity index (χ3n) is 3.19. The van der Waals surface area contributed by atoms with E-state index in [1.54, 1.807) is 13.0 Å². The van der Waals surface area contributed by atoms with Crippen LogP contribution >= 0.6 is 0 Å². The molecule has 136 valence electrons. The van der Waals surface area contributed by atoms with Crippen molar-refractivity contribution in [2.45, 2.75) is 13.0 Å². The van der Waals surface area contributed by atoms with Gasteiger partial charge in [0.1, 0.15) is 5.82 Å². The molecule has 1 heterocycles. The van der Waals surface area contributed by atoms with Gasteiger partial charge in [-0.25, -0.2) is 4.98 Å². The maximum Gasteiger partial charge on any atom is 0.277 e. The van der Waals surface area contributed by atoms with Crippen LogP contribution in [0.2, 0.25) is 0 Å². The Labute approximate surface area is 147 Å². The Morgan fingerprint density at radius 1 is 1.19 bits per heavy atom. The number of rotatable bonds is 7. The zero-order chi connectivity index (χ0) is 19.3. The highest BCUT2D eigenvalue weighted by molar-refractivity contribution is 6.05. The molecule has 0 spiro atoms. The fourth-order valence-electron chi connectivity index (χ4n) is 1.96. The number of amides is 1. The van der Waals surface area contributed by atoms with Crippen LogP contribution in [-0.4, -0.2) is 38.5 Å². The van der Waals surface area contributed by atoms with E-state index in [4.69, 9.17) is 0 Å². The molecule has 0 aliphatic heterocycles. The highest BCUT2D eigenvalue weighted by atomic mass is 16.6. The van der Waals surface area contributed by atoms with E-state index >= 15 is 0 Å². The van der Waals surface area contributed by atoms with Gasteiger partial charge in [0.2, 0.25) is 0 Å². The van der Waals surface area contributed by atoms with Crippen LogP contribution in [0.5, 0.6) is 0 Å². The highest BCUT2D eigenvalue weighted by Gasteiger charge is 2.20. The van der Waals surface area contributed by atoms with Gasteiger partial charge in [-0.2, -0.15) is 0 Å². The van der Waals surface area contributed by atoms with Gasteiger partial charge in [0.15, 0.2) is 0 Å². The summed E-state index contributed by atoms with van der Waals surface area (Å²) < 4.78 is 0. The van der Waals surface area contributed by atoms with Crippen molar-refractivity contribution < 1.29 is 19.7 Å². The molecule has 0 aliphatic carbocycles. The third-order valence-corrected chi connectivity index (χ3v) is 3.19. The fraction of sp³-hybridized carbons (Fsp3) is 0.200. The average Bonchev–Trinajstić information content (AvgIpc) is 2.60. The topological polar surface area (TPSA) is 161 Å². The molecule has 1 unspecified atom stereocenters. The smallest absolute Gasteiger partial charge is 0.277 e. The number of anilines is 2. The van der Waals surface area contributed by atoms with Crippen molar-refractivity contribution in [2.75, 3.05) is 17.2 Å². The Morgan fingerprint density at radius 3 is 2.27 bits per heavy atom. The number of hydrogen-bond donors (Lipinski definition) is 3. The predicted octanol–water partition coefficient (Wildman–Crippen LogP) is 1.94. The number of pyridine rings is 1. The second kappa shape index (κ2) is 7.98. The molecule has 0 aliphatic rings. The zero-order valence-electron chi connectivity index (χ0n) is 13.6. The summed E-state index contributed by atoms with van der Waals surface area (Å²) in [6.45, 7) is 1.91. The summed E-state index contributed by atoms with van der Waals surface area (Å²) in [5, 5.41) is 36.3. The lowest BCUT2D eigenvalue weighted by atomic mass is 10.1. The second-order valence-electron chi connectivity index (χ2n) is 5.37. The molecule has 0 bridgehead atoms. The SMILES string of the molecule is CC(O)CNc1ccc(NC(=O)c2cc([N+](=O)[O-])cc([N+](=O)[O-])c2)cn1. The minimum absolute atomic E-state index is 0.220. The van der Waals surface area contributed by atoms with Crippen molar-refractivity contribution in [1.29, 1.82) is 0 Å². The normalized spacial score (nSPS) is 11.5. The van der Waals surface area contributed by atoms with E-state index in [2.05, 4.69) is 15.6 Å². The Hall–Kier alpha value is -3.60. The molecule has 11 heteroatoms. The first kappa shape index (κ1) is 18.7. The Morgan fingerprint density at radius 2 is 1.81 bits per heavy atom. The molecule has 1 aromatic heterocycles. The number of carbonyl (C=O) groups excluding carboxylic acids is 1. The second-order valence-corrected chi connectivity index (χ2v) is 5.37. The van der Waals surface area contributed by atoms with Crippen LogP contribution in [0.1, 0.15) is 17.3 Å². The molecule has 0 saturated heterocycles. The average molecular weight is 361 g/mol. The minimum Gasteiger partial charge on any atom is -0.392 e. The van der Waals surface area contributed by atoms with Crippen LogP contribution in [0, 0.1) is 20.2 Å². The molecule has 2 rings (SSSR count). The maximum absolute atomic E-state index is 12.2. The summed E-state index contributed by atoms with van der Waals surface area (Å²) in [6.07, 6.45) is 0.787. The first-order valence-corrected chi connectivity index (χ1v) is 7.39. The first-order chi connectivity index (χ1) is 12.3. The molecule has 1 amide bonds. The summed E-state index contributed by atoms with van der Waals surface area (Å²) in [4.78, 5) is 36.4. The molecule has 2 aromatic rings. The van der Waals surface area contributed by atoms with Crippen LogP contribution in [-0.2, 0) is 0 Å². The van der Waals surface area contributed by atoms with Gasteiger partial charge in [0.25, 0.3) is 17.3 Å². The van der Waals surface area contributed by atoms with Crippen LogP contribution in [0.4, 0.5) is 22.9 Å². The van der Waals surface area contributed by atoms with Gasteiger partial charge in [-0.15, -0.1) is 0 Å². The Bertz CT molecular complexity index is 805. The third kappa shape index (κ3) is 4.95. The first-order valence-electron chi connectivity index (χ1n) is 7.39. The van der Waals surface area contributed by atoms with E-state index < -0.39 is 33.2 Å². The standard InChI is InChI=1S/C15H15N5O6/c1-9(21)7-16-14-3-2-11(8-17-14)18-15(22)10-4-12(19(23)24)6-13(5-10)20(25)26/h2-6,8-9,21H,7H2,1H3,(H,16,17)(H,18,22). The number of nitrogens with one attached hydrogen (secondary N) is 2. The summed E-state index contributed by atoms with van der Waals surface area (Å²) in [6, 6.07) is 5.78. The minimum atomic E-state index is -0.812. The van der Waals surface area contributed by atoms with E-state index in [0.29, 0.717) is 18.1 Å². The van der Waals surface area contributed by atoms with E-state index in [1.165, 1.54) is 12.3 Å². The quantitative estimate of drug-likeness (QED) is 0.498. The van der Waals surface area contributed by atoms with Gasteiger partial charge >= 0.3 is 0 Å². The van der Waals surface area contributed by atoms with Gasteiger partial charge in [0, 0.05) is 18.7 Å². The predicted molar refractivity (Wildman–Crippen MR) is 92.1 cm³/mol. The van der Waals surface area contributed by atoms with E-state index in [1.807, 2.05) is 0 Å². The highest BCUT2D eigenvalue weighted by Crippen LogP contribution is 2.23. The summed E-state index contributed by atoms with van der Waals surface area (Å²) >= 11 is 0. The van der Waals surface area contributed by atoms with Crippen LogP contribution in [0.3, 0.4) is 0 Å².